The fourth-order valence-corrected chi connectivity index (χ4v) is 0.952. The van der Waals surface area contributed by atoms with Crippen molar-refractivity contribution in [3.63, 3.8) is 0 Å². The van der Waals surface area contributed by atoms with Crippen LogP contribution in [0.2, 0.25) is 0 Å². The second-order valence-electron chi connectivity index (χ2n) is 4.29. The second kappa shape index (κ2) is 3.67. The molecule has 0 fully saturated rings. The molecule has 5 nitrogen and oxygen atoms in total. The van der Waals surface area contributed by atoms with Gasteiger partial charge in [-0.1, -0.05) is 0 Å². The summed E-state index contributed by atoms with van der Waals surface area (Å²) < 4.78 is 0. The Balaban J connectivity index is 2.97. The van der Waals surface area contributed by atoms with Gasteiger partial charge in [0.2, 0.25) is 0 Å². The summed E-state index contributed by atoms with van der Waals surface area (Å²) in [7, 11) is 4.00. The molecule has 0 radical (unpaired) electrons. The molecule has 1 rings (SSSR count). The summed E-state index contributed by atoms with van der Waals surface area (Å²) in [5.41, 5.74) is 5.52. The number of aromatic nitrogens is 3. The minimum atomic E-state index is -0.177. The monoisotopic (exact) mass is 197 g/mol. The summed E-state index contributed by atoms with van der Waals surface area (Å²) in [6.07, 6.45) is 0. The van der Waals surface area contributed by atoms with Crippen molar-refractivity contribution in [1.29, 1.82) is 0 Å². The molecule has 3 N–H and O–H groups in total. The number of nitrogens with zero attached hydrogens (tertiary/aromatic N) is 3. The minimum Gasteiger partial charge on any atom is -0.322 e. The second-order valence-corrected chi connectivity index (χ2v) is 4.29. The Hall–Kier alpha value is -0.940. The summed E-state index contributed by atoms with van der Waals surface area (Å²) in [6.45, 7) is 6.02. The molecule has 14 heavy (non-hydrogen) atoms. The van der Waals surface area contributed by atoms with Gasteiger partial charge in [0.05, 0.1) is 11.6 Å². The van der Waals surface area contributed by atoms with Crippen LogP contribution < -0.4 is 5.73 Å². The third-order valence-electron chi connectivity index (χ3n) is 2.60. The molecule has 0 spiro atoms. The van der Waals surface area contributed by atoms with E-state index in [9.17, 15) is 0 Å². The molecule has 0 aliphatic carbocycles. The first kappa shape index (κ1) is 11.1. The van der Waals surface area contributed by atoms with Gasteiger partial charge in [-0.15, -0.1) is 0 Å². The van der Waals surface area contributed by atoms with Crippen LogP contribution >= 0.6 is 0 Å². The van der Waals surface area contributed by atoms with Crippen LogP contribution in [0, 0.1) is 0 Å². The summed E-state index contributed by atoms with van der Waals surface area (Å²) in [4.78, 5) is 6.44. The van der Waals surface area contributed by atoms with E-state index in [4.69, 9.17) is 5.73 Å². The summed E-state index contributed by atoms with van der Waals surface area (Å²) in [5.74, 6) is 1.50. The van der Waals surface area contributed by atoms with Crippen molar-refractivity contribution in [3.05, 3.63) is 11.6 Å². The normalized spacial score (nSPS) is 14.8. The lowest BCUT2D eigenvalue weighted by Crippen LogP contribution is -2.36. The van der Waals surface area contributed by atoms with Crippen LogP contribution in [0.25, 0.3) is 0 Å². The number of nitrogens with two attached hydrogens (primary N) is 1. The van der Waals surface area contributed by atoms with E-state index in [0.29, 0.717) is 0 Å². The van der Waals surface area contributed by atoms with Crippen molar-refractivity contribution in [2.24, 2.45) is 5.73 Å². The number of H-pyrrole nitrogens is 1. The molecular formula is C9H19N5. The molecule has 1 heterocycles. The highest BCUT2D eigenvalue weighted by molar-refractivity contribution is 5.04. The third kappa shape index (κ3) is 1.93. The SMILES string of the molecule is CC(N)c1nc(C(C)(C)N(C)C)n[nH]1. The number of hydrogen-bond acceptors (Lipinski definition) is 4. The van der Waals surface area contributed by atoms with Crippen LogP contribution in [0.5, 0.6) is 0 Å². The highest BCUT2D eigenvalue weighted by Crippen LogP contribution is 2.21. The van der Waals surface area contributed by atoms with Crippen LogP contribution in [-0.4, -0.2) is 34.2 Å². The molecule has 1 aromatic rings. The first-order valence-electron chi connectivity index (χ1n) is 4.71. The van der Waals surface area contributed by atoms with Crippen molar-refractivity contribution in [3.8, 4) is 0 Å². The van der Waals surface area contributed by atoms with E-state index in [0.717, 1.165) is 11.6 Å². The van der Waals surface area contributed by atoms with Gasteiger partial charge < -0.3 is 5.73 Å². The fourth-order valence-electron chi connectivity index (χ4n) is 0.952. The molecule has 1 unspecified atom stereocenters. The maximum Gasteiger partial charge on any atom is 0.170 e. The van der Waals surface area contributed by atoms with Gasteiger partial charge >= 0.3 is 0 Å². The highest BCUT2D eigenvalue weighted by Gasteiger charge is 2.28. The first-order chi connectivity index (χ1) is 6.35. The summed E-state index contributed by atoms with van der Waals surface area (Å²) >= 11 is 0. The quantitative estimate of drug-likeness (QED) is 0.745. The molecule has 1 atom stereocenters. The molecule has 5 heteroatoms. The summed E-state index contributed by atoms with van der Waals surface area (Å²) in [5, 5.41) is 7.03. The molecule has 0 bridgehead atoms. The van der Waals surface area contributed by atoms with Gasteiger partial charge in [0.1, 0.15) is 5.82 Å². The largest absolute Gasteiger partial charge is 0.322 e. The molecule has 0 saturated heterocycles. The zero-order valence-electron chi connectivity index (χ0n) is 9.50. The smallest absolute Gasteiger partial charge is 0.170 e. The van der Waals surface area contributed by atoms with Crippen LogP contribution in [0.4, 0.5) is 0 Å². The Bertz CT molecular complexity index is 300. The Morgan fingerprint density at radius 2 is 2.00 bits per heavy atom. The number of rotatable bonds is 3. The molecule has 80 valence electrons. The maximum atomic E-state index is 5.70. The first-order valence-corrected chi connectivity index (χ1v) is 4.71. The van der Waals surface area contributed by atoms with E-state index < -0.39 is 0 Å². The van der Waals surface area contributed by atoms with Gasteiger partial charge in [-0.05, 0) is 34.9 Å². The van der Waals surface area contributed by atoms with Crippen molar-refractivity contribution in [1.82, 2.24) is 20.1 Å². The van der Waals surface area contributed by atoms with Gasteiger partial charge in [0, 0.05) is 0 Å². The standard InChI is InChI=1S/C9H19N5/c1-6(10)7-11-8(13-12-7)9(2,3)14(4)5/h6H,10H2,1-5H3,(H,11,12,13). The van der Waals surface area contributed by atoms with Crippen LogP contribution in [0.3, 0.4) is 0 Å². The lowest BCUT2D eigenvalue weighted by molar-refractivity contribution is 0.186. The Kier molecular flexibility index (Phi) is 2.92. The van der Waals surface area contributed by atoms with Crippen molar-refractivity contribution in [2.45, 2.75) is 32.4 Å². The zero-order valence-corrected chi connectivity index (χ0v) is 9.50. The van der Waals surface area contributed by atoms with E-state index in [1.165, 1.54) is 0 Å². The molecule has 0 aliphatic rings. The van der Waals surface area contributed by atoms with Crippen LogP contribution in [-0.2, 0) is 5.54 Å². The Labute approximate surface area is 84.7 Å². The number of nitrogens with one attached hydrogen (secondary N) is 1. The predicted octanol–water partition coefficient (Wildman–Crippen LogP) is 0.621. The fraction of sp³-hybridized carbons (Fsp3) is 0.778. The molecular weight excluding hydrogens is 178 g/mol. The lowest BCUT2D eigenvalue weighted by atomic mass is 10.0. The van der Waals surface area contributed by atoms with Crippen LogP contribution in [0.1, 0.15) is 38.5 Å². The summed E-state index contributed by atoms with van der Waals surface area (Å²) in [6, 6.07) is -0.103. The Morgan fingerprint density at radius 1 is 1.43 bits per heavy atom. The average molecular weight is 197 g/mol. The van der Waals surface area contributed by atoms with Crippen LogP contribution in [0.15, 0.2) is 0 Å². The molecule has 0 amide bonds. The number of aromatic amines is 1. The minimum absolute atomic E-state index is 0.103. The topological polar surface area (TPSA) is 70.8 Å². The maximum absolute atomic E-state index is 5.70. The van der Waals surface area contributed by atoms with Gasteiger partial charge in [0.25, 0.3) is 0 Å². The Morgan fingerprint density at radius 3 is 2.36 bits per heavy atom. The number of hydrogen-bond donors (Lipinski definition) is 2. The third-order valence-corrected chi connectivity index (χ3v) is 2.60. The van der Waals surface area contributed by atoms with Gasteiger partial charge in [-0.3, -0.25) is 10.00 Å². The molecule has 0 aliphatic heterocycles. The van der Waals surface area contributed by atoms with E-state index in [1.54, 1.807) is 0 Å². The van der Waals surface area contributed by atoms with E-state index in [1.807, 2.05) is 21.0 Å². The van der Waals surface area contributed by atoms with Crippen molar-refractivity contribution >= 4 is 0 Å². The van der Waals surface area contributed by atoms with Crippen molar-refractivity contribution < 1.29 is 0 Å². The van der Waals surface area contributed by atoms with E-state index in [-0.39, 0.29) is 11.6 Å². The molecule has 1 aromatic heterocycles. The van der Waals surface area contributed by atoms with Gasteiger partial charge in [-0.2, -0.15) is 5.10 Å². The van der Waals surface area contributed by atoms with Gasteiger partial charge in [0.15, 0.2) is 5.82 Å². The van der Waals surface area contributed by atoms with Gasteiger partial charge in [-0.25, -0.2) is 4.98 Å². The average Bonchev–Trinajstić information content (AvgIpc) is 2.51. The molecule has 0 aromatic carbocycles. The zero-order chi connectivity index (χ0) is 10.9. The molecule has 0 saturated carbocycles. The predicted molar refractivity (Wildman–Crippen MR) is 55.7 cm³/mol. The van der Waals surface area contributed by atoms with Crippen molar-refractivity contribution in [2.75, 3.05) is 14.1 Å². The van der Waals surface area contributed by atoms with E-state index in [2.05, 4.69) is 33.9 Å². The lowest BCUT2D eigenvalue weighted by Gasteiger charge is -2.29. The van der Waals surface area contributed by atoms with E-state index >= 15 is 0 Å². The highest BCUT2D eigenvalue weighted by atomic mass is 15.3.